The highest BCUT2D eigenvalue weighted by molar-refractivity contribution is 5.77. The Hall–Kier alpha value is -3.93. The second kappa shape index (κ2) is 7.36. The molecule has 138 valence electrons. The predicted molar refractivity (Wildman–Crippen MR) is 107 cm³/mol. The Morgan fingerprint density at radius 2 is 1.61 bits per heavy atom. The molecule has 0 amide bonds. The molecule has 0 fully saturated rings. The van der Waals surface area contributed by atoms with Crippen molar-refractivity contribution >= 4 is 5.69 Å². The van der Waals surface area contributed by atoms with Crippen molar-refractivity contribution in [2.75, 3.05) is 0 Å². The zero-order valence-corrected chi connectivity index (χ0v) is 14.9. The van der Waals surface area contributed by atoms with Crippen LogP contribution in [0.2, 0.25) is 0 Å². The molecule has 0 saturated carbocycles. The van der Waals surface area contributed by atoms with Gasteiger partial charge in [-0.3, -0.25) is 15.2 Å². The number of nitrogens with zero attached hydrogens (tertiary/aromatic N) is 2. The number of non-ortho nitro benzene ring substituents is 1. The SMILES string of the molecule is O=[N+]([O-])c1ccc(Cc2c(-c3ccccc3)n[nH]c2-c2ccccc2O)cc1. The maximum Gasteiger partial charge on any atom is 0.269 e. The molecule has 4 aromatic rings. The van der Waals surface area contributed by atoms with Crippen LogP contribution in [0.25, 0.3) is 22.5 Å². The number of para-hydroxylation sites is 1. The molecule has 4 rings (SSSR count). The van der Waals surface area contributed by atoms with Crippen LogP contribution in [0.4, 0.5) is 5.69 Å². The Morgan fingerprint density at radius 1 is 0.929 bits per heavy atom. The number of phenols is 1. The van der Waals surface area contributed by atoms with E-state index < -0.39 is 4.92 Å². The van der Waals surface area contributed by atoms with Gasteiger partial charge in [0.2, 0.25) is 0 Å². The Bertz CT molecular complexity index is 1120. The molecule has 6 heteroatoms. The van der Waals surface area contributed by atoms with E-state index in [1.165, 1.54) is 12.1 Å². The van der Waals surface area contributed by atoms with Gasteiger partial charge in [-0.1, -0.05) is 54.6 Å². The van der Waals surface area contributed by atoms with Crippen molar-refractivity contribution in [3.05, 3.63) is 100 Å². The summed E-state index contributed by atoms with van der Waals surface area (Å²) in [5.74, 6) is 0.163. The van der Waals surface area contributed by atoms with Crippen molar-refractivity contribution in [2.45, 2.75) is 6.42 Å². The minimum atomic E-state index is -0.412. The lowest BCUT2D eigenvalue weighted by Gasteiger charge is -2.08. The first-order valence-electron chi connectivity index (χ1n) is 8.78. The van der Waals surface area contributed by atoms with Gasteiger partial charge in [0.05, 0.1) is 16.3 Å². The molecule has 0 aliphatic heterocycles. The number of aromatic hydroxyl groups is 1. The molecule has 2 N–H and O–H groups in total. The van der Waals surface area contributed by atoms with Gasteiger partial charge < -0.3 is 5.11 Å². The number of aromatic amines is 1. The first-order valence-corrected chi connectivity index (χ1v) is 8.78. The monoisotopic (exact) mass is 371 g/mol. The van der Waals surface area contributed by atoms with Gasteiger partial charge in [-0.2, -0.15) is 5.10 Å². The molecule has 0 radical (unpaired) electrons. The van der Waals surface area contributed by atoms with Gasteiger partial charge in [0.1, 0.15) is 5.75 Å². The number of hydrogen-bond donors (Lipinski definition) is 2. The van der Waals surface area contributed by atoms with Crippen LogP contribution in [-0.4, -0.2) is 20.2 Å². The molecule has 6 nitrogen and oxygen atoms in total. The standard InChI is InChI=1S/C22H17N3O3/c26-20-9-5-4-8-18(20)22-19(14-15-10-12-17(13-11-15)25(27)28)21(23-24-22)16-6-2-1-3-7-16/h1-13,26H,14H2,(H,23,24). The van der Waals surface area contributed by atoms with E-state index in [1.807, 2.05) is 42.5 Å². The summed E-state index contributed by atoms with van der Waals surface area (Å²) >= 11 is 0. The summed E-state index contributed by atoms with van der Waals surface area (Å²) in [6.07, 6.45) is 0.516. The molecular weight excluding hydrogens is 354 g/mol. The van der Waals surface area contributed by atoms with Gasteiger partial charge in [-0.25, -0.2) is 0 Å². The van der Waals surface area contributed by atoms with Crippen LogP contribution < -0.4 is 0 Å². The first kappa shape index (κ1) is 17.5. The van der Waals surface area contributed by atoms with Crippen LogP contribution in [0.15, 0.2) is 78.9 Å². The van der Waals surface area contributed by atoms with Crippen LogP contribution in [0.5, 0.6) is 5.75 Å². The number of aromatic nitrogens is 2. The Labute approximate surface area is 161 Å². The third-order valence-corrected chi connectivity index (χ3v) is 4.62. The highest BCUT2D eigenvalue weighted by Gasteiger charge is 2.19. The smallest absolute Gasteiger partial charge is 0.269 e. The number of benzene rings is 3. The third kappa shape index (κ3) is 3.35. The highest BCUT2D eigenvalue weighted by atomic mass is 16.6. The lowest BCUT2D eigenvalue weighted by atomic mass is 9.96. The predicted octanol–water partition coefficient (Wildman–Crippen LogP) is 4.95. The van der Waals surface area contributed by atoms with E-state index in [0.29, 0.717) is 12.0 Å². The number of nitrogens with one attached hydrogen (secondary N) is 1. The summed E-state index contributed by atoms with van der Waals surface area (Å²) in [6.45, 7) is 0. The molecule has 0 bridgehead atoms. The van der Waals surface area contributed by atoms with E-state index in [1.54, 1.807) is 24.3 Å². The molecular formula is C22H17N3O3. The Kier molecular flexibility index (Phi) is 4.60. The summed E-state index contributed by atoms with van der Waals surface area (Å²) in [5, 5.41) is 28.8. The van der Waals surface area contributed by atoms with E-state index in [4.69, 9.17) is 0 Å². The summed E-state index contributed by atoms with van der Waals surface area (Å²) in [7, 11) is 0. The van der Waals surface area contributed by atoms with Gasteiger partial charge in [0, 0.05) is 35.2 Å². The quantitative estimate of drug-likeness (QED) is 0.383. The fourth-order valence-corrected chi connectivity index (χ4v) is 3.22. The highest BCUT2D eigenvalue weighted by Crippen LogP contribution is 2.36. The normalized spacial score (nSPS) is 10.7. The van der Waals surface area contributed by atoms with Crippen molar-refractivity contribution in [3.8, 4) is 28.3 Å². The molecule has 0 spiro atoms. The fourth-order valence-electron chi connectivity index (χ4n) is 3.22. The molecule has 0 unspecified atom stereocenters. The van der Waals surface area contributed by atoms with Crippen LogP contribution in [0.3, 0.4) is 0 Å². The maximum absolute atomic E-state index is 10.9. The summed E-state index contributed by atoms with van der Waals surface area (Å²) in [5.41, 5.74) is 5.03. The van der Waals surface area contributed by atoms with Crippen molar-refractivity contribution in [1.82, 2.24) is 10.2 Å². The number of H-pyrrole nitrogens is 1. The third-order valence-electron chi connectivity index (χ3n) is 4.62. The maximum atomic E-state index is 10.9. The first-order chi connectivity index (χ1) is 13.6. The summed E-state index contributed by atoms with van der Waals surface area (Å²) in [6, 6.07) is 23.3. The van der Waals surface area contributed by atoms with E-state index in [0.717, 1.165) is 28.1 Å². The molecule has 3 aromatic carbocycles. The van der Waals surface area contributed by atoms with E-state index in [-0.39, 0.29) is 11.4 Å². The van der Waals surface area contributed by atoms with E-state index in [9.17, 15) is 15.2 Å². The Balaban J connectivity index is 1.82. The van der Waals surface area contributed by atoms with Gasteiger partial charge in [0.25, 0.3) is 5.69 Å². The minimum absolute atomic E-state index is 0.0557. The van der Waals surface area contributed by atoms with Crippen LogP contribution in [0, 0.1) is 10.1 Å². The number of nitro benzene ring substituents is 1. The van der Waals surface area contributed by atoms with Crippen molar-refractivity contribution in [1.29, 1.82) is 0 Å². The molecule has 1 heterocycles. The average molecular weight is 371 g/mol. The second-order valence-corrected chi connectivity index (χ2v) is 6.41. The largest absolute Gasteiger partial charge is 0.507 e. The molecule has 0 saturated heterocycles. The average Bonchev–Trinajstić information content (AvgIpc) is 3.12. The summed E-state index contributed by atoms with van der Waals surface area (Å²) in [4.78, 5) is 10.5. The zero-order chi connectivity index (χ0) is 19.5. The minimum Gasteiger partial charge on any atom is -0.507 e. The van der Waals surface area contributed by atoms with Crippen molar-refractivity contribution in [2.24, 2.45) is 0 Å². The van der Waals surface area contributed by atoms with Crippen molar-refractivity contribution < 1.29 is 10.0 Å². The summed E-state index contributed by atoms with van der Waals surface area (Å²) < 4.78 is 0. The molecule has 0 aliphatic carbocycles. The van der Waals surface area contributed by atoms with Gasteiger partial charge in [-0.15, -0.1) is 0 Å². The molecule has 0 atom stereocenters. The number of rotatable bonds is 5. The van der Waals surface area contributed by atoms with Gasteiger partial charge in [0.15, 0.2) is 0 Å². The van der Waals surface area contributed by atoms with Crippen LogP contribution >= 0.6 is 0 Å². The van der Waals surface area contributed by atoms with Crippen LogP contribution in [-0.2, 0) is 6.42 Å². The molecule has 28 heavy (non-hydrogen) atoms. The lowest BCUT2D eigenvalue weighted by molar-refractivity contribution is -0.384. The number of phenolic OH excluding ortho intramolecular Hbond substituents is 1. The topological polar surface area (TPSA) is 92.0 Å². The van der Waals surface area contributed by atoms with E-state index in [2.05, 4.69) is 10.2 Å². The van der Waals surface area contributed by atoms with Crippen LogP contribution in [0.1, 0.15) is 11.1 Å². The fraction of sp³-hybridized carbons (Fsp3) is 0.0455. The Morgan fingerprint density at radius 3 is 2.29 bits per heavy atom. The number of hydrogen-bond acceptors (Lipinski definition) is 4. The zero-order valence-electron chi connectivity index (χ0n) is 14.9. The lowest BCUT2D eigenvalue weighted by Crippen LogP contribution is -1.94. The number of nitro groups is 1. The van der Waals surface area contributed by atoms with Crippen molar-refractivity contribution in [3.63, 3.8) is 0 Å². The van der Waals surface area contributed by atoms with Gasteiger partial charge >= 0.3 is 0 Å². The molecule has 0 aliphatic rings. The molecule has 1 aromatic heterocycles. The van der Waals surface area contributed by atoms with Gasteiger partial charge in [-0.05, 0) is 17.7 Å². The van der Waals surface area contributed by atoms with E-state index >= 15 is 0 Å². The second-order valence-electron chi connectivity index (χ2n) is 6.41.